The summed E-state index contributed by atoms with van der Waals surface area (Å²) in [5.41, 5.74) is 8.50. The second kappa shape index (κ2) is 6.76. The normalized spacial score (nSPS) is 20.9. The molecule has 2 unspecified atom stereocenters. The molecule has 3 rings (SSSR count). The van der Waals surface area contributed by atoms with Gasteiger partial charge >= 0.3 is 0 Å². The molecule has 2 atom stereocenters. The fourth-order valence-corrected chi connectivity index (χ4v) is 2.44. The first kappa shape index (κ1) is 15.5. The van der Waals surface area contributed by atoms with Crippen LogP contribution in [0.4, 0.5) is 10.1 Å². The van der Waals surface area contributed by atoms with Gasteiger partial charge in [-0.2, -0.15) is 0 Å². The van der Waals surface area contributed by atoms with E-state index in [0.29, 0.717) is 12.1 Å². The van der Waals surface area contributed by atoms with Gasteiger partial charge in [0.05, 0.1) is 5.69 Å². The second-order valence-corrected chi connectivity index (χ2v) is 5.60. The molecule has 120 valence electrons. The SMILES string of the molecule is Cc1ccc(CC2NNC(Nc3ccccc3F)NC2=O)cc1. The van der Waals surface area contributed by atoms with Gasteiger partial charge in [-0.1, -0.05) is 42.0 Å². The number of carbonyl (C=O) groups excluding carboxylic acids is 1. The molecule has 1 saturated heterocycles. The van der Waals surface area contributed by atoms with Crippen LogP contribution in [0.25, 0.3) is 0 Å². The third kappa shape index (κ3) is 3.85. The van der Waals surface area contributed by atoms with E-state index in [4.69, 9.17) is 0 Å². The molecule has 23 heavy (non-hydrogen) atoms. The average Bonchev–Trinajstić information content (AvgIpc) is 2.54. The number of hydrazine groups is 1. The van der Waals surface area contributed by atoms with Crippen LogP contribution in [-0.2, 0) is 11.2 Å². The Morgan fingerprint density at radius 1 is 1.09 bits per heavy atom. The van der Waals surface area contributed by atoms with Gasteiger partial charge in [0.25, 0.3) is 0 Å². The summed E-state index contributed by atoms with van der Waals surface area (Å²) in [6, 6.07) is 14.0. The topological polar surface area (TPSA) is 65.2 Å². The van der Waals surface area contributed by atoms with E-state index in [0.717, 1.165) is 5.56 Å². The van der Waals surface area contributed by atoms with E-state index in [1.807, 2.05) is 31.2 Å². The fourth-order valence-electron chi connectivity index (χ4n) is 2.44. The maximum atomic E-state index is 13.6. The summed E-state index contributed by atoms with van der Waals surface area (Å²) in [6.07, 6.45) is -0.000376. The zero-order chi connectivity index (χ0) is 16.2. The van der Waals surface area contributed by atoms with E-state index in [1.54, 1.807) is 18.2 Å². The number of halogens is 1. The third-order valence-corrected chi connectivity index (χ3v) is 3.74. The predicted octanol–water partition coefficient (Wildman–Crippen LogP) is 1.66. The minimum atomic E-state index is -0.575. The van der Waals surface area contributed by atoms with Crippen LogP contribution in [0.5, 0.6) is 0 Å². The van der Waals surface area contributed by atoms with Crippen molar-refractivity contribution in [2.75, 3.05) is 5.32 Å². The molecule has 1 fully saturated rings. The van der Waals surface area contributed by atoms with E-state index in [1.165, 1.54) is 11.6 Å². The van der Waals surface area contributed by atoms with Crippen molar-refractivity contribution in [2.24, 2.45) is 0 Å². The summed E-state index contributed by atoms with van der Waals surface area (Å²) in [5, 5.41) is 5.67. The van der Waals surface area contributed by atoms with Crippen LogP contribution in [0.1, 0.15) is 11.1 Å². The smallest absolute Gasteiger partial charge is 0.241 e. The minimum absolute atomic E-state index is 0.141. The van der Waals surface area contributed by atoms with Gasteiger partial charge < -0.3 is 10.6 Å². The molecule has 5 nitrogen and oxygen atoms in total. The van der Waals surface area contributed by atoms with Crippen LogP contribution in [0, 0.1) is 12.7 Å². The lowest BCUT2D eigenvalue weighted by molar-refractivity contribution is -0.126. The number of hydrogen-bond acceptors (Lipinski definition) is 4. The summed E-state index contributed by atoms with van der Waals surface area (Å²) in [7, 11) is 0. The molecule has 0 radical (unpaired) electrons. The van der Waals surface area contributed by atoms with E-state index in [9.17, 15) is 9.18 Å². The van der Waals surface area contributed by atoms with Gasteiger partial charge in [-0.15, -0.1) is 0 Å². The molecule has 1 heterocycles. The highest BCUT2D eigenvalue weighted by molar-refractivity contribution is 5.83. The maximum Gasteiger partial charge on any atom is 0.241 e. The number of para-hydroxylation sites is 1. The van der Waals surface area contributed by atoms with E-state index < -0.39 is 6.29 Å². The number of aryl methyl sites for hydroxylation is 1. The van der Waals surface area contributed by atoms with Crippen molar-refractivity contribution in [3.63, 3.8) is 0 Å². The zero-order valence-electron chi connectivity index (χ0n) is 12.8. The first-order chi connectivity index (χ1) is 11.1. The highest BCUT2D eigenvalue weighted by Crippen LogP contribution is 2.13. The molecule has 1 aliphatic rings. The lowest BCUT2D eigenvalue weighted by atomic mass is 10.0. The fraction of sp³-hybridized carbons (Fsp3) is 0.235. The molecule has 2 aromatic rings. The Morgan fingerprint density at radius 3 is 2.52 bits per heavy atom. The number of rotatable bonds is 4. The van der Waals surface area contributed by atoms with Gasteiger partial charge in [-0.05, 0) is 31.0 Å². The van der Waals surface area contributed by atoms with Crippen molar-refractivity contribution in [1.29, 1.82) is 0 Å². The highest BCUT2D eigenvalue weighted by atomic mass is 19.1. The van der Waals surface area contributed by atoms with Crippen LogP contribution >= 0.6 is 0 Å². The molecule has 4 N–H and O–H groups in total. The Labute approximate surface area is 134 Å². The van der Waals surface area contributed by atoms with Crippen LogP contribution in [0.3, 0.4) is 0 Å². The maximum absolute atomic E-state index is 13.6. The van der Waals surface area contributed by atoms with Gasteiger partial charge in [0.15, 0.2) is 6.29 Å². The summed E-state index contributed by atoms with van der Waals surface area (Å²) in [5.74, 6) is -0.511. The molecular weight excluding hydrogens is 295 g/mol. The molecule has 0 aromatic heterocycles. The number of hydrogen-bond donors (Lipinski definition) is 4. The van der Waals surface area contributed by atoms with Crippen molar-refractivity contribution >= 4 is 11.6 Å². The van der Waals surface area contributed by atoms with Crippen molar-refractivity contribution in [1.82, 2.24) is 16.2 Å². The first-order valence-corrected chi connectivity index (χ1v) is 7.50. The summed E-state index contributed by atoms with van der Waals surface area (Å²) >= 11 is 0. The van der Waals surface area contributed by atoms with Crippen LogP contribution in [0.2, 0.25) is 0 Å². The third-order valence-electron chi connectivity index (χ3n) is 3.74. The largest absolute Gasteiger partial charge is 0.350 e. The minimum Gasteiger partial charge on any atom is -0.350 e. The Morgan fingerprint density at radius 2 is 1.83 bits per heavy atom. The number of amides is 1. The van der Waals surface area contributed by atoms with Crippen molar-refractivity contribution in [3.8, 4) is 0 Å². The molecule has 1 amide bonds. The quantitative estimate of drug-likeness (QED) is 0.693. The molecule has 0 aliphatic carbocycles. The zero-order valence-corrected chi connectivity index (χ0v) is 12.8. The van der Waals surface area contributed by atoms with Gasteiger partial charge in [0, 0.05) is 0 Å². The molecule has 1 aliphatic heterocycles. The van der Waals surface area contributed by atoms with Gasteiger partial charge in [-0.25, -0.2) is 15.2 Å². The number of anilines is 1. The number of carbonyl (C=O) groups is 1. The Bertz CT molecular complexity index is 689. The van der Waals surface area contributed by atoms with Crippen LogP contribution < -0.4 is 21.5 Å². The monoisotopic (exact) mass is 314 g/mol. The predicted molar refractivity (Wildman–Crippen MR) is 86.9 cm³/mol. The van der Waals surface area contributed by atoms with E-state index >= 15 is 0 Å². The van der Waals surface area contributed by atoms with Crippen molar-refractivity contribution in [3.05, 3.63) is 65.5 Å². The molecule has 2 aromatic carbocycles. The van der Waals surface area contributed by atoms with Gasteiger partial charge in [0.1, 0.15) is 11.9 Å². The lowest BCUT2D eigenvalue weighted by Crippen LogP contribution is -2.68. The number of benzene rings is 2. The van der Waals surface area contributed by atoms with Crippen LogP contribution in [-0.4, -0.2) is 18.2 Å². The summed E-state index contributed by atoms with van der Waals surface area (Å²) < 4.78 is 13.6. The van der Waals surface area contributed by atoms with Gasteiger partial charge in [0.2, 0.25) is 5.91 Å². The standard InChI is InChI=1S/C17H19FN4O/c1-11-6-8-12(9-7-11)10-15-16(23)20-17(22-21-15)19-14-5-3-2-4-13(14)18/h2-9,15,17,19,21-22H,10H2,1H3,(H,20,23). The van der Waals surface area contributed by atoms with Crippen molar-refractivity contribution < 1.29 is 9.18 Å². The molecular formula is C17H19FN4O. The van der Waals surface area contributed by atoms with Crippen molar-refractivity contribution in [2.45, 2.75) is 25.7 Å². The molecule has 0 saturated carbocycles. The average molecular weight is 314 g/mol. The lowest BCUT2D eigenvalue weighted by Gasteiger charge is -2.32. The Hall–Kier alpha value is -2.44. The highest BCUT2D eigenvalue weighted by Gasteiger charge is 2.27. The summed E-state index contributed by atoms with van der Waals surface area (Å²) in [4.78, 5) is 12.2. The number of nitrogens with one attached hydrogen (secondary N) is 4. The molecule has 6 heteroatoms. The Balaban J connectivity index is 1.58. The summed E-state index contributed by atoms with van der Waals surface area (Å²) in [6.45, 7) is 2.02. The molecule has 0 spiro atoms. The van der Waals surface area contributed by atoms with Crippen LogP contribution in [0.15, 0.2) is 48.5 Å². The first-order valence-electron chi connectivity index (χ1n) is 7.50. The Kier molecular flexibility index (Phi) is 4.55. The molecule has 0 bridgehead atoms. The van der Waals surface area contributed by atoms with Gasteiger partial charge in [-0.3, -0.25) is 4.79 Å². The second-order valence-electron chi connectivity index (χ2n) is 5.60. The van der Waals surface area contributed by atoms with E-state index in [-0.39, 0.29) is 17.8 Å². The van der Waals surface area contributed by atoms with E-state index in [2.05, 4.69) is 21.5 Å².